The number of fused-ring (bicyclic) bond motifs is 1. The molecule has 0 saturated heterocycles. The summed E-state index contributed by atoms with van der Waals surface area (Å²) in [5.41, 5.74) is 6.74. The molecule has 0 aliphatic carbocycles. The Kier molecular flexibility index (Phi) is 2.37. The Balaban J connectivity index is 2.47. The lowest BCUT2D eigenvalue weighted by atomic mass is 10.0. The number of halogens is 2. The third-order valence-corrected chi connectivity index (χ3v) is 2.51. The van der Waals surface area contributed by atoms with Crippen LogP contribution >= 0.6 is 23.2 Å². The van der Waals surface area contributed by atoms with Gasteiger partial charge in [-0.3, -0.25) is 0 Å². The minimum atomic E-state index is 0.0435. The summed E-state index contributed by atoms with van der Waals surface area (Å²) in [6, 6.07) is 3.57. The van der Waals surface area contributed by atoms with E-state index in [4.69, 9.17) is 33.7 Å². The van der Waals surface area contributed by atoms with E-state index in [1.165, 1.54) is 0 Å². The molecule has 1 aliphatic heterocycles. The number of ether oxygens (including phenoxy) is 1. The van der Waals surface area contributed by atoms with E-state index < -0.39 is 0 Å². The molecule has 1 heterocycles. The van der Waals surface area contributed by atoms with Crippen molar-refractivity contribution in [2.75, 3.05) is 6.61 Å². The number of hydrogen-bond acceptors (Lipinski definition) is 2. The summed E-state index contributed by atoms with van der Waals surface area (Å²) in [4.78, 5) is 0. The zero-order valence-corrected chi connectivity index (χ0v) is 8.40. The van der Waals surface area contributed by atoms with Crippen molar-refractivity contribution in [3.05, 3.63) is 27.7 Å². The molecule has 1 atom stereocenters. The van der Waals surface area contributed by atoms with Crippen molar-refractivity contribution >= 4 is 23.2 Å². The molecular formula is C9H9Cl2NO. The number of hydrogen-bond donors (Lipinski definition) is 1. The Bertz CT molecular complexity index is 341. The van der Waals surface area contributed by atoms with Crippen molar-refractivity contribution in [3.8, 4) is 5.75 Å². The third kappa shape index (κ3) is 1.75. The van der Waals surface area contributed by atoms with Crippen LogP contribution in [0, 0.1) is 0 Å². The maximum Gasteiger partial charge on any atom is 0.141 e. The van der Waals surface area contributed by atoms with Crippen LogP contribution in [0.2, 0.25) is 10.0 Å². The van der Waals surface area contributed by atoms with Gasteiger partial charge in [-0.05, 0) is 24.1 Å². The first kappa shape index (κ1) is 9.13. The lowest BCUT2D eigenvalue weighted by Gasteiger charge is -2.23. The fourth-order valence-corrected chi connectivity index (χ4v) is 2.05. The Morgan fingerprint density at radius 3 is 2.92 bits per heavy atom. The van der Waals surface area contributed by atoms with E-state index in [1.54, 1.807) is 6.07 Å². The lowest BCUT2D eigenvalue weighted by molar-refractivity contribution is 0.264. The highest BCUT2D eigenvalue weighted by molar-refractivity contribution is 6.35. The minimum Gasteiger partial charge on any atom is -0.490 e. The van der Waals surface area contributed by atoms with Crippen molar-refractivity contribution in [2.24, 2.45) is 5.73 Å². The van der Waals surface area contributed by atoms with Gasteiger partial charge in [0.1, 0.15) is 12.4 Å². The lowest BCUT2D eigenvalue weighted by Crippen LogP contribution is -2.33. The molecule has 0 fully saturated rings. The molecule has 0 spiro atoms. The van der Waals surface area contributed by atoms with Gasteiger partial charge in [-0.2, -0.15) is 0 Å². The smallest absolute Gasteiger partial charge is 0.141 e. The molecule has 4 heteroatoms. The third-order valence-electron chi connectivity index (χ3n) is 2.01. The van der Waals surface area contributed by atoms with Gasteiger partial charge < -0.3 is 10.5 Å². The van der Waals surface area contributed by atoms with E-state index in [0.717, 1.165) is 17.7 Å². The average molecular weight is 218 g/mol. The Hall–Kier alpha value is -0.440. The molecule has 2 rings (SSSR count). The van der Waals surface area contributed by atoms with Crippen LogP contribution in [0.4, 0.5) is 0 Å². The number of rotatable bonds is 0. The summed E-state index contributed by atoms with van der Waals surface area (Å²) in [5, 5.41) is 1.19. The van der Waals surface area contributed by atoms with Gasteiger partial charge in [-0.15, -0.1) is 0 Å². The molecule has 0 saturated carbocycles. The van der Waals surface area contributed by atoms with Crippen molar-refractivity contribution in [1.29, 1.82) is 0 Å². The second kappa shape index (κ2) is 3.37. The van der Waals surface area contributed by atoms with Crippen molar-refractivity contribution in [2.45, 2.75) is 12.5 Å². The second-order valence-corrected chi connectivity index (χ2v) is 3.99. The highest BCUT2D eigenvalue weighted by Crippen LogP contribution is 2.35. The van der Waals surface area contributed by atoms with Gasteiger partial charge in [-0.1, -0.05) is 23.2 Å². The molecule has 70 valence electrons. The topological polar surface area (TPSA) is 35.2 Å². The average Bonchev–Trinajstić information content (AvgIpc) is 2.02. The summed E-state index contributed by atoms with van der Waals surface area (Å²) >= 11 is 11.8. The normalized spacial score (nSPS) is 20.7. The van der Waals surface area contributed by atoms with Crippen LogP contribution in [0.5, 0.6) is 5.75 Å². The van der Waals surface area contributed by atoms with Crippen LogP contribution < -0.4 is 10.5 Å². The summed E-state index contributed by atoms with van der Waals surface area (Å²) in [6.07, 6.45) is 0.773. The quantitative estimate of drug-likeness (QED) is 0.724. The van der Waals surface area contributed by atoms with Crippen LogP contribution in [-0.2, 0) is 6.42 Å². The van der Waals surface area contributed by atoms with E-state index >= 15 is 0 Å². The molecule has 1 aromatic rings. The fourth-order valence-electron chi connectivity index (χ4n) is 1.46. The molecule has 0 amide bonds. The SMILES string of the molecule is N[C@H]1COc2c(Cl)cc(Cl)cc2C1. The van der Waals surface area contributed by atoms with Crippen molar-refractivity contribution in [3.63, 3.8) is 0 Å². The molecule has 13 heavy (non-hydrogen) atoms. The molecule has 2 N–H and O–H groups in total. The molecular weight excluding hydrogens is 209 g/mol. The highest BCUT2D eigenvalue weighted by atomic mass is 35.5. The summed E-state index contributed by atoms with van der Waals surface area (Å²) in [7, 11) is 0. The predicted octanol–water partition coefficient (Wildman–Crippen LogP) is 2.26. The molecule has 1 aliphatic rings. The fraction of sp³-hybridized carbons (Fsp3) is 0.333. The highest BCUT2D eigenvalue weighted by Gasteiger charge is 2.19. The van der Waals surface area contributed by atoms with E-state index in [1.807, 2.05) is 6.07 Å². The molecule has 1 aromatic carbocycles. The Labute approximate surface area is 86.6 Å². The molecule has 0 unspecified atom stereocenters. The van der Waals surface area contributed by atoms with Crippen LogP contribution in [0.15, 0.2) is 12.1 Å². The molecule has 0 radical (unpaired) electrons. The molecule has 0 aromatic heterocycles. The Morgan fingerprint density at radius 1 is 1.38 bits per heavy atom. The van der Waals surface area contributed by atoms with Crippen LogP contribution in [0.3, 0.4) is 0 Å². The van der Waals surface area contributed by atoms with Gasteiger partial charge in [0.05, 0.1) is 5.02 Å². The van der Waals surface area contributed by atoms with Crippen LogP contribution in [-0.4, -0.2) is 12.6 Å². The largest absolute Gasteiger partial charge is 0.490 e. The van der Waals surface area contributed by atoms with Crippen molar-refractivity contribution in [1.82, 2.24) is 0 Å². The standard InChI is InChI=1S/C9H9Cl2NO/c10-6-1-5-2-7(12)4-13-9(5)8(11)3-6/h1,3,7H,2,4,12H2/t7-/m1/s1. The monoisotopic (exact) mass is 217 g/mol. The van der Waals surface area contributed by atoms with E-state index in [-0.39, 0.29) is 6.04 Å². The van der Waals surface area contributed by atoms with Gasteiger partial charge in [0.25, 0.3) is 0 Å². The van der Waals surface area contributed by atoms with Gasteiger partial charge in [0.15, 0.2) is 0 Å². The van der Waals surface area contributed by atoms with Gasteiger partial charge in [-0.25, -0.2) is 0 Å². The first-order valence-electron chi connectivity index (χ1n) is 4.03. The van der Waals surface area contributed by atoms with E-state index in [9.17, 15) is 0 Å². The van der Waals surface area contributed by atoms with Crippen LogP contribution in [0.1, 0.15) is 5.56 Å². The first-order valence-corrected chi connectivity index (χ1v) is 4.78. The number of benzene rings is 1. The molecule has 0 bridgehead atoms. The first-order chi connectivity index (χ1) is 6.16. The Morgan fingerprint density at radius 2 is 2.15 bits per heavy atom. The summed E-state index contributed by atoms with van der Waals surface area (Å²) in [6.45, 7) is 0.522. The van der Waals surface area contributed by atoms with E-state index in [0.29, 0.717) is 16.7 Å². The van der Waals surface area contributed by atoms with Crippen molar-refractivity contribution < 1.29 is 4.74 Å². The maximum atomic E-state index is 5.94. The van der Waals surface area contributed by atoms with Crippen LogP contribution in [0.25, 0.3) is 0 Å². The summed E-state index contributed by atoms with van der Waals surface area (Å²) < 4.78 is 5.41. The number of nitrogens with two attached hydrogens (primary N) is 1. The second-order valence-electron chi connectivity index (χ2n) is 3.15. The predicted molar refractivity (Wildman–Crippen MR) is 53.6 cm³/mol. The van der Waals surface area contributed by atoms with Gasteiger partial charge >= 0.3 is 0 Å². The van der Waals surface area contributed by atoms with Gasteiger partial charge in [0, 0.05) is 11.1 Å². The molecule has 2 nitrogen and oxygen atoms in total. The van der Waals surface area contributed by atoms with Gasteiger partial charge in [0.2, 0.25) is 0 Å². The minimum absolute atomic E-state index is 0.0435. The zero-order valence-electron chi connectivity index (χ0n) is 6.89. The van der Waals surface area contributed by atoms with E-state index in [2.05, 4.69) is 0 Å². The maximum absolute atomic E-state index is 5.94. The zero-order chi connectivity index (χ0) is 9.42. The summed E-state index contributed by atoms with van der Waals surface area (Å²) in [5.74, 6) is 0.729.